The molecule has 0 saturated carbocycles. The van der Waals surface area contributed by atoms with E-state index in [1.165, 1.54) is 43.8 Å². The van der Waals surface area contributed by atoms with Gasteiger partial charge in [0.05, 0.1) is 53.1 Å². The third-order valence-corrected chi connectivity index (χ3v) is 13.8. The first-order chi connectivity index (χ1) is 31.2. The number of likely N-dealkylation sites (tertiary alicyclic amines) is 2. The van der Waals surface area contributed by atoms with E-state index >= 15 is 0 Å². The van der Waals surface area contributed by atoms with Gasteiger partial charge < -0.3 is 19.7 Å². The Labute approximate surface area is 375 Å². The van der Waals surface area contributed by atoms with Gasteiger partial charge >= 0.3 is 0 Å². The molecular weight excluding hydrogens is 863 g/mol. The van der Waals surface area contributed by atoms with Gasteiger partial charge in [0, 0.05) is 42.6 Å². The molecule has 4 aliphatic heterocycles. The first-order valence-electron chi connectivity index (χ1n) is 21.6. The number of imide groups is 2. The third-order valence-electron chi connectivity index (χ3n) is 12.3. The van der Waals surface area contributed by atoms with Crippen LogP contribution in [-0.2, 0) is 29.9 Å². The molecule has 19 heteroatoms. The minimum absolute atomic E-state index is 0.00976. The van der Waals surface area contributed by atoms with Crippen molar-refractivity contribution in [3.63, 3.8) is 0 Å². The molecule has 8 rings (SSSR count). The van der Waals surface area contributed by atoms with Crippen LogP contribution < -0.4 is 20.1 Å². The van der Waals surface area contributed by atoms with Gasteiger partial charge in [-0.05, 0) is 118 Å². The number of aromatic nitrogens is 2. The van der Waals surface area contributed by atoms with Crippen LogP contribution in [0.5, 0.6) is 11.5 Å². The van der Waals surface area contributed by atoms with Crippen molar-refractivity contribution < 1.29 is 46.4 Å². The lowest BCUT2D eigenvalue weighted by Gasteiger charge is -2.37. The lowest BCUT2D eigenvalue weighted by atomic mass is 9.93. The Hall–Kier alpha value is -6.18. The first kappa shape index (κ1) is 45.4. The van der Waals surface area contributed by atoms with Gasteiger partial charge in [-0.25, -0.2) is 23.0 Å². The number of rotatable bonds is 14. The van der Waals surface area contributed by atoms with E-state index in [0.29, 0.717) is 35.2 Å². The molecule has 5 amide bonds. The van der Waals surface area contributed by atoms with Crippen LogP contribution in [0.4, 0.5) is 20.4 Å². The van der Waals surface area contributed by atoms with E-state index in [1.54, 1.807) is 30.3 Å². The van der Waals surface area contributed by atoms with Crippen LogP contribution in [-0.4, -0.2) is 124 Å². The van der Waals surface area contributed by atoms with Gasteiger partial charge in [-0.2, -0.15) is 4.36 Å². The standard InChI is InChI=1S/C46H50F2N8O8S/c1-63-38-21-31(47)6-7-32(38)34-22-40(50-23-35(34)48)51-39-20-30(10-15-49-39)27-65(2,62)53-42(58)25-55-16-11-28(12-17-55)24-54-18-13-29(14-19-54)26-64-37-5-3-4-33-43(37)46(61)56(45(33)60)36-8-9-41(57)52-44(36)59/h3-7,10,15,20-23,28-29,36H,8-9,11-14,16-19,24-27H2,1-2H3,(H,49,50,51)(H,52,57,59). The second-order valence-corrected chi connectivity index (χ2v) is 19.4. The number of hydrogen-bond donors (Lipinski definition) is 2. The predicted molar refractivity (Wildman–Crippen MR) is 236 cm³/mol. The van der Waals surface area contributed by atoms with Gasteiger partial charge in [-0.3, -0.25) is 39.1 Å². The molecule has 0 spiro atoms. The van der Waals surface area contributed by atoms with E-state index < -0.39 is 56.9 Å². The second-order valence-electron chi connectivity index (χ2n) is 17.1. The number of halogens is 2. The van der Waals surface area contributed by atoms with E-state index in [0.717, 1.165) is 69.5 Å². The Balaban J connectivity index is 0.768. The van der Waals surface area contributed by atoms with Crippen molar-refractivity contribution in [2.75, 3.05) is 64.6 Å². The molecule has 0 bridgehead atoms. The summed E-state index contributed by atoms with van der Waals surface area (Å²) in [6, 6.07) is 12.5. The molecule has 65 heavy (non-hydrogen) atoms. The first-order valence-corrected chi connectivity index (χ1v) is 23.7. The molecule has 342 valence electrons. The van der Waals surface area contributed by atoms with Crippen molar-refractivity contribution in [2.24, 2.45) is 16.2 Å². The average molecular weight is 913 g/mol. The number of amides is 5. The summed E-state index contributed by atoms with van der Waals surface area (Å²) in [7, 11) is -1.57. The normalized spacial score (nSPS) is 19.7. The van der Waals surface area contributed by atoms with Crippen LogP contribution in [0.1, 0.15) is 64.8 Å². The smallest absolute Gasteiger partial charge is 0.267 e. The Kier molecular flexibility index (Phi) is 13.6. The fourth-order valence-electron chi connectivity index (χ4n) is 8.98. The summed E-state index contributed by atoms with van der Waals surface area (Å²) >= 11 is 0. The Morgan fingerprint density at radius 3 is 2.35 bits per heavy atom. The van der Waals surface area contributed by atoms with Crippen LogP contribution >= 0.6 is 0 Å². The Morgan fingerprint density at radius 2 is 1.60 bits per heavy atom. The van der Waals surface area contributed by atoms with Crippen molar-refractivity contribution in [2.45, 2.75) is 50.3 Å². The largest absolute Gasteiger partial charge is 0.496 e. The summed E-state index contributed by atoms with van der Waals surface area (Å²) < 4.78 is 57.7. The van der Waals surface area contributed by atoms with Gasteiger partial charge in [0.15, 0.2) is 0 Å². The number of anilines is 2. The molecular formula is C46H50F2N8O8S. The van der Waals surface area contributed by atoms with E-state index in [2.05, 4.69) is 34.8 Å². The maximum atomic E-state index is 14.8. The molecule has 4 aliphatic rings. The van der Waals surface area contributed by atoms with Gasteiger partial charge in [-0.1, -0.05) is 6.07 Å². The molecule has 2 N–H and O–H groups in total. The maximum Gasteiger partial charge on any atom is 0.267 e. The molecule has 0 aliphatic carbocycles. The third kappa shape index (κ3) is 10.7. The van der Waals surface area contributed by atoms with Crippen LogP contribution in [0.25, 0.3) is 11.1 Å². The van der Waals surface area contributed by atoms with Crippen molar-refractivity contribution >= 4 is 50.9 Å². The maximum absolute atomic E-state index is 14.8. The topological polar surface area (TPSA) is 193 Å². The number of benzene rings is 2. The number of nitrogens with zero attached hydrogens (tertiary/aromatic N) is 6. The van der Waals surface area contributed by atoms with E-state index in [9.17, 15) is 37.0 Å². The molecule has 2 atom stereocenters. The zero-order chi connectivity index (χ0) is 45.8. The number of carbonyl (C=O) groups excluding carboxylic acids is 5. The number of carbonyl (C=O) groups is 5. The summed E-state index contributed by atoms with van der Waals surface area (Å²) in [6.07, 6.45) is 7.83. The summed E-state index contributed by atoms with van der Waals surface area (Å²) in [5.41, 5.74) is 1.47. The molecule has 2 aromatic heterocycles. The van der Waals surface area contributed by atoms with Crippen LogP contribution in [0, 0.1) is 23.5 Å². The Morgan fingerprint density at radius 1 is 0.862 bits per heavy atom. The van der Waals surface area contributed by atoms with Crippen molar-refractivity contribution in [3.05, 3.63) is 95.3 Å². The van der Waals surface area contributed by atoms with Gasteiger partial charge in [0.2, 0.25) is 11.8 Å². The number of ether oxygens (including phenoxy) is 2. The quantitative estimate of drug-likeness (QED) is 0.157. The molecule has 4 aromatic rings. The van der Waals surface area contributed by atoms with Crippen molar-refractivity contribution in [3.8, 4) is 22.6 Å². The number of methoxy groups -OCH3 is 1. The lowest BCUT2D eigenvalue weighted by molar-refractivity contribution is -0.136. The summed E-state index contributed by atoms with van der Waals surface area (Å²) in [4.78, 5) is 77.7. The van der Waals surface area contributed by atoms with E-state index in [-0.39, 0.29) is 59.3 Å². The molecule has 2 aromatic carbocycles. The average Bonchev–Trinajstić information content (AvgIpc) is 3.53. The van der Waals surface area contributed by atoms with Crippen LogP contribution in [0.3, 0.4) is 0 Å². The summed E-state index contributed by atoms with van der Waals surface area (Å²) in [5, 5.41) is 5.25. The van der Waals surface area contributed by atoms with Crippen molar-refractivity contribution in [1.29, 1.82) is 0 Å². The molecule has 3 fully saturated rings. The monoisotopic (exact) mass is 912 g/mol. The highest BCUT2D eigenvalue weighted by molar-refractivity contribution is 7.92. The van der Waals surface area contributed by atoms with E-state index in [4.69, 9.17) is 9.47 Å². The molecule has 2 unspecified atom stereocenters. The van der Waals surface area contributed by atoms with E-state index in [1.807, 2.05) is 0 Å². The molecule has 6 heterocycles. The minimum Gasteiger partial charge on any atom is -0.496 e. The Bertz CT molecular complexity index is 2640. The number of pyridine rings is 2. The second kappa shape index (κ2) is 19.5. The summed E-state index contributed by atoms with van der Waals surface area (Å²) in [5.74, 6) is -1.96. The zero-order valence-corrected chi connectivity index (χ0v) is 36.9. The lowest BCUT2D eigenvalue weighted by Crippen LogP contribution is -2.54. The highest BCUT2D eigenvalue weighted by Crippen LogP contribution is 2.36. The summed E-state index contributed by atoms with van der Waals surface area (Å²) in [6.45, 7) is 4.69. The highest BCUT2D eigenvalue weighted by atomic mass is 32.2. The fraction of sp³-hybridized carbons (Fsp3) is 0.413. The zero-order valence-electron chi connectivity index (χ0n) is 36.1. The number of hydrogen-bond acceptors (Lipinski definition) is 13. The van der Waals surface area contributed by atoms with Crippen LogP contribution in [0.2, 0.25) is 0 Å². The predicted octanol–water partition coefficient (Wildman–Crippen LogP) is 5.20. The molecule has 16 nitrogen and oxygen atoms in total. The fourth-order valence-corrected chi connectivity index (χ4v) is 10.3. The minimum atomic E-state index is -2.94. The highest BCUT2D eigenvalue weighted by Gasteiger charge is 2.46. The van der Waals surface area contributed by atoms with Gasteiger partial charge in [0.25, 0.3) is 17.7 Å². The number of nitrogens with one attached hydrogen (secondary N) is 2. The number of fused-ring (bicyclic) bond motifs is 1. The SMILES string of the molecule is COc1cc(F)ccc1-c1cc(Nc2cc(CS(C)(=O)=NC(=O)CN3CCC(CN4CCC(COc5cccc6c5C(=O)N(C5CCC(=O)NC5=O)C6=O)CC4)CC3)ccn2)ncc1F. The van der Waals surface area contributed by atoms with Gasteiger partial charge in [-0.15, -0.1) is 0 Å². The van der Waals surface area contributed by atoms with Crippen LogP contribution in [0.15, 0.2) is 71.4 Å². The van der Waals surface area contributed by atoms with Crippen molar-refractivity contribution in [1.82, 2.24) is 30.0 Å². The number of piperidine rings is 3. The van der Waals surface area contributed by atoms with Gasteiger partial charge in [0.1, 0.15) is 40.8 Å². The molecule has 3 saturated heterocycles. The molecule has 0 radical (unpaired) electrons.